The Morgan fingerprint density at radius 3 is 2.69 bits per heavy atom. The van der Waals surface area contributed by atoms with Crippen LogP contribution in [-0.4, -0.2) is 17.2 Å². The van der Waals surface area contributed by atoms with Gasteiger partial charge in [0.1, 0.15) is 0 Å². The Balaban J connectivity index is 2.55. The summed E-state index contributed by atoms with van der Waals surface area (Å²) in [6.07, 6.45) is 2.77. The number of nitrogens with zero attached hydrogens (tertiary/aromatic N) is 2. The van der Waals surface area contributed by atoms with Gasteiger partial charge in [-0.05, 0) is 24.5 Å². The van der Waals surface area contributed by atoms with Crippen LogP contribution in [-0.2, 0) is 13.0 Å². The monoisotopic (exact) mass is 219 g/mol. The number of rotatable bonds is 5. The SMILES string of the molecule is CC(Cc1ccc(CN)nc1)=NCC(C)C. The zero-order valence-corrected chi connectivity index (χ0v) is 10.4. The van der Waals surface area contributed by atoms with Crippen molar-refractivity contribution in [3.05, 3.63) is 29.6 Å². The molecule has 3 nitrogen and oxygen atoms in total. The minimum Gasteiger partial charge on any atom is -0.325 e. The van der Waals surface area contributed by atoms with Crippen molar-refractivity contribution in [3.63, 3.8) is 0 Å². The Kier molecular flexibility index (Phi) is 5.12. The minimum absolute atomic E-state index is 0.501. The first kappa shape index (κ1) is 12.8. The van der Waals surface area contributed by atoms with Crippen LogP contribution in [0.15, 0.2) is 23.3 Å². The van der Waals surface area contributed by atoms with Crippen LogP contribution in [0.3, 0.4) is 0 Å². The van der Waals surface area contributed by atoms with Gasteiger partial charge in [-0.3, -0.25) is 9.98 Å². The molecule has 0 fully saturated rings. The summed E-state index contributed by atoms with van der Waals surface area (Å²) in [5.41, 5.74) is 8.79. The fourth-order valence-electron chi connectivity index (χ4n) is 1.37. The highest BCUT2D eigenvalue weighted by atomic mass is 14.7. The minimum atomic E-state index is 0.501. The first-order chi connectivity index (χ1) is 7.61. The van der Waals surface area contributed by atoms with Gasteiger partial charge < -0.3 is 5.73 Å². The van der Waals surface area contributed by atoms with E-state index in [0.29, 0.717) is 12.5 Å². The molecule has 1 aromatic heterocycles. The van der Waals surface area contributed by atoms with Crippen molar-refractivity contribution in [2.75, 3.05) is 6.54 Å². The molecule has 2 N–H and O–H groups in total. The van der Waals surface area contributed by atoms with Gasteiger partial charge >= 0.3 is 0 Å². The van der Waals surface area contributed by atoms with E-state index in [1.165, 1.54) is 5.56 Å². The smallest absolute Gasteiger partial charge is 0.0539 e. The fraction of sp³-hybridized carbons (Fsp3) is 0.538. The van der Waals surface area contributed by atoms with Crippen LogP contribution in [0.5, 0.6) is 0 Å². The molecule has 0 bridgehead atoms. The van der Waals surface area contributed by atoms with Crippen LogP contribution in [0.4, 0.5) is 0 Å². The molecular weight excluding hydrogens is 198 g/mol. The van der Waals surface area contributed by atoms with Crippen LogP contribution >= 0.6 is 0 Å². The number of aromatic nitrogens is 1. The van der Waals surface area contributed by atoms with E-state index in [0.717, 1.165) is 24.4 Å². The van der Waals surface area contributed by atoms with Crippen molar-refractivity contribution < 1.29 is 0 Å². The fourth-order valence-corrected chi connectivity index (χ4v) is 1.37. The molecule has 16 heavy (non-hydrogen) atoms. The molecule has 0 aliphatic heterocycles. The molecule has 3 heteroatoms. The Labute approximate surface area is 97.8 Å². The van der Waals surface area contributed by atoms with Crippen LogP contribution < -0.4 is 5.73 Å². The third-order valence-electron chi connectivity index (χ3n) is 2.28. The van der Waals surface area contributed by atoms with E-state index in [1.54, 1.807) is 0 Å². The molecule has 0 aromatic carbocycles. The van der Waals surface area contributed by atoms with Crippen molar-refractivity contribution in [1.82, 2.24) is 4.98 Å². The third kappa shape index (κ3) is 4.53. The van der Waals surface area contributed by atoms with Crippen molar-refractivity contribution in [3.8, 4) is 0 Å². The maximum Gasteiger partial charge on any atom is 0.0539 e. The Morgan fingerprint density at radius 2 is 2.19 bits per heavy atom. The summed E-state index contributed by atoms with van der Waals surface area (Å²) in [5.74, 6) is 0.618. The van der Waals surface area contributed by atoms with Gasteiger partial charge in [-0.15, -0.1) is 0 Å². The first-order valence-electron chi connectivity index (χ1n) is 5.75. The van der Waals surface area contributed by atoms with Crippen LogP contribution in [0.1, 0.15) is 32.0 Å². The average molecular weight is 219 g/mol. The van der Waals surface area contributed by atoms with Crippen LogP contribution in [0.2, 0.25) is 0 Å². The molecule has 0 saturated carbocycles. The summed E-state index contributed by atoms with van der Waals surface area (Å²) >= 11 is 0. The zero-order valence-electron chi connectivity index (χ0n) is 10.4. The highest BCUT2D eigenvalue weighted by Gasteiger charge is 1.98. The lowest BCUT2D eigenvalue weighted by Gasteiger charge is -2.04. The highest BCUT2D eigenvalue weighted by molar-refractivity contribution is 5.84. The van der Waals surface area contributed by atoms with Gasteiger partial charge in [0.2, 0.25) is 0 Å². The lowest BCUT2D eigenvalue weighted by atomic mass is 10.1. The van der Waals surface area contributed by atoms with Gasteiger partial charge in [0.05, 0.1) is 5.69 Å². The van der Waals surface area contributed by atoms with Crippen molar-refractivity contribution in [2.45, 2.75) is 33.7 Å². The molecule has 0 atom stereocenters. The number of aliphatic imine (C=N–C) groups is 1. The number of nitrogens with two attached hydrogens (primary N) is 1. The lowest BCUT2D eigenvalue weighted by molar-refractivity contribution is 0.664. The Hall–Kier alpha value is -1.22. The molecule has 1 rings (SSSR count). The number of hydrogen-bond donors (Lipinski definition) is 1. The molecule has 0 aliphatic carbocycles. The van der Waals surface area contributed by atoms with Gasteiger partial charge in [-0.1, -0.05) is 19.9 Å². The normalized spacial score (nSPS) is 12.2. The molecule has 0 aliphatic rings. The van der Waals surface area contributed by atoms with E-state index in [2.05, 4.69) is 36.8 Å². The molecular formula is C13H21N3. The van der Waals surface area contributed by atoms with Gasteiger partial charge in [0.25, 0.3) is 0 Å². The lowest BCUT2D eigenvalue weighted by Crippen LogP contribution is -2.04. The summed E-state index contributed by atoms with van der Waals surface area (Å²) in [4.78, 5) is 8.79. The second-order valence-corrected chi connectivity index (χ2v) is 4.51. The Morgan fingerprint density at radius 1 is 1.44 bits per heavy atom. The maximum atomic E-state index is 5.50. The van der Waals surface area contributed by atoms with Gasteiger partial charge in [0, 0.05) is 31.4 Å². The van der Waals surface area contributed by atoms with Crippen LogP contribution in [0.25, 0.3) is 0 Å². The summed E-state index contributed by atoms with van der Waals surface area (Å²) in [5, 5.41) is 0. The van der Waals surface area contributed by atoms with Crippen molar-refractivity contribution in [1.29, 1.82) is 0 Å². The third-order valence-corrected chi connectivity index (χ3v) is 2.28. The van der Waals surface area contributed by atoms with Crippen LogP contribution in [0, 0.1) is 5.92 Å². The van der Waals surface area contributed by atoms with Gasteiger partial charge in [0.15, 0.2) is 0 Å². The van der Waals surface area contributed by atoms with E-state index in [-0.39, 0.29) is 0 Å². The maximum absolute atomic E-state index is 5.50. The molecule has 0 saturated heterocycles. The van der Waals surface area contributed by atoms with Crippen molar-refractivity contribution >= 4 is 5.71 Å². The molecule has 0 amide bonds. The average Bonchev–Trinajstić information content (AvgIpc) is 2.27. The molecule has 1 aromatic rings. The zero-order chi connectivity index (χ0) is 12.0. The molecule has 1 heterocycles. The van der Waals surface area contributed by atoms with Crippen molar-refractivity contribution in [2.24, 2.45) is 16.6 Å². The van der Waals surface area contributed by atoms with Gasteiger partial charge in [-0.2, -0.15) is 0 Å². The van der Waals surface area contributed by atoms with E-state index >= 15 is 0 Å². The molecule has 0 unspecified atom stereocenters. The van der Waals surface area contributed by atoms with E-state index in [9.17, 15) is 0 Å². The van der Waals surface area contributed by atoms with E-state index in [4.69, 9.17) is 5.73 Å². The number of hydrogen-bond acceptors (Lipinski definition) is 3. The standard InChI is InChI=1S/C13H21N3/c1-10(2)8-15-11(3)6-12-4-5-13(7-14)16-9-12/h4-5,9-10H,6-8,14H2,1-3H3. The topological polar surface area (TPSA) is 51.3 Å². The summed E-state index contributed by atoms with van der Waals surface area (Å²) in [6, 6.07) is 4.05. The second-order valence-electron chi connectivity index (χ2n) is 4.51. The molecule has 88 valence electrons. The number of pyridine rings is 1. The largest absolute Gasteiger partial charge is 0.325 e. The predicted octanol–water partition coefficient (Wildman–Crippen LogP) is 2.20. The highest BCUT2D eigenvalue weighted by Crippen LogP contribution is 2.03. The second kappa shape index (κ2) is 6.38. The summed E-state index contributed by atoms with van der Waals surface area (Å²) in [7, 11) is 0. The predicted molar refractivity (Wildman–Crippen MR) is 68.6 cm³/mol. The summed E-state index contributed by atoms with van der Waals surface area (Å²) < 4.78 is 0. The summed E-state index contributed by atoms with van der Waals surface area (Å²) in [6.45, 7) is 7.82. The molecule has 0 radical (unpaired) electrons. The first-order valence-corrected chi connectivity index (χ1v) is 5.75. The van der Waals surface area contributed by atoms with E-state index < -0.39 is 0 Å². The molecule has 0 spiro atoms. The Bertz CT molecular complexity index is 339. The quantitative estimate of drug-likeness (QED) is 0.772. The van der Waals surface area contributed by atoms with Gasteiger partial charge in [-0.25, -0.2) is 0 Å². The van der Waals surface area contributed by atoms with E-state index in [1.807, 2.05) is 12.3 Å².